The van der Waals surface area contributed by atoms with Gasteiger partial charge in [-0.1, -0.05) is 129 Å². The molecule has 0 saturated heterocycles. The summed E-state index contributed by atoms with van der Waals surface area (Å²) in [5, 5.41) is 2.51. The van der Waals surface area contributed by atoms with E-state index in [2.05, 4.69) is 53.4 Å². The number of aromatic nitrogens is 1. The van der Waals surface area contributed by atoms with Crippen LogP contribution in [0.5, 0.6) is 0 Å². The van der Waals surface area contributed by atoms with Crippen molar-refractivity contribution >= 4 is 52.1 Å². The average Bonchev–Trinajstić information content (AvgIpc) is 3.56. The molecule has 0 spiro atoms. The fourth-order valence-electron chi connectivity index (χ4n) is 6.74. The third-order valence-corrected chi connectivity index (χ3v) is 11.4. The summed E-state index contributed by atoms with van der Waals surface area (Å²) in [6.45, 7) is 21.0. The van der Waals surface area contributed by atoms with E-state index in [1.165, 1.54) is 45.1 Å². The van der Waals surface area contributed by atoms with Gasteiger partial charge < -0.3 is 4.90 Å². The maximum Gasteiger partial charge on any atom is 0.285 e. The van der Waals surface area contributed by atoms with E-state index in [0.29, 0.717) is 22.4 Å². The Morgan fingerprint density at radius 1 is 0.870 bits per heavy atom. The molecule has 2 atom stereocenters. The lowest BCUT2D eigenvalue weighted by atomic mass is 9.89. The van der Waals surface area contributed by atoms with Gasteiger partial charge in [0.05, 0.1) is 17.1 Å². The van der Waals surface area contributed by atoms with E-state index in [0.717, 1.165) is 77.2 Å². The van der Waals surface area contributed by atoms with E-state index < -0.39 is 35.0 Å². The molecule has 2 aromatic rings. The molecule has 0 fully saturated rings. The molecule has 1 aromatic heterocycles. The molecule has 10 nitrogen and oxygen atoms in total. The van der Waals surface area contributed by atoms with Crippen molar-refractivity contribution in [3.05, 3.63) is 63.2 Å². The van der Waals surface area contributed by atoms with E-state index >= 15 is 0 Å². The molecule has 3 rings (SSSR count). The van der Waals surface area contributed by atoms with Gasteiger partial charge in [0.2, 0.25) is 11.8 Å². The second-order valence-electron chi connectivity index (χ2n) is 15.6. The standard InChI is InChI=1S/C43H63N5O5S/c1-12-16-21-32(14-3)26-46(27-33(15-4)22-17-13-2)42-44-38(43(8,9)10)36(54-42)25-35-29(5)37(41(53)48(39(35)51)45(11)30(6)49)40(52)47(31(7)50)28-34-23-19-18-20-24-34/h18-20,23-25,32-33H,12-17,21-22,26-28H2,1-11H3/b35-25-. The maximum absolute atomic E-state index is 14.3. The summed E-state index contributed by atoms with van der Waals surface area (Å²) in [4.78, 5) is 77.8. The Kier molecular flexibility index (Phi) is 16.4. The van der Waals surface area contributed by atoms with E-state index in [4.69, 9.17) is 4.98 Å². The number of hydrogen-bond donors (Lipinski definition) is 0. The minimum absolute atomic E-state index is 0.0646. The first-order valence-electron chi connectivity index (χ1n) is 19.7. The monoisotopic (exact) mass is 761 g/mol. The average molecular weight is 762 g/mol. The van der Waals surface area contributed by atoms with Gasteiger partial charge in [-0.25, -0.2) is 9.99 Å². The number of nitrogens with zero attached hydrogens (tertiary/aromatic N) is 5. The SMILES string of the molecule is CCCCC(CC)CN(CC(CC)CCCC)c1nc(C(C)(C)C)c(/C=C2\C(=O)N(N(C)C(C)=O)C(=O)C(C(=O)N(Cc3ccccc3)C(C)=O)=C2C)s1. The molecule has 54 heavy (non-hydrogen) atoms. The van der Waals surface area contributed by atoms with Gasteiger partial charge in [0, 0.05) is 45.0 Å². The first-order valence-corrected chi connectivity index (χ1v) is 20.5. The smallest absolute Gasteiger partial charge is 0.285 e. The molecule has 0 N–H and O–H groups in total. The highest BCUT2D eigenvalue weighted by Gasteiger charge is 2.43. The van der Waals surface area contributed by atoms with Crippen LogP contribution in [0.2, 0.25) is 0 Å². The van der Waals surface area contributed by atoms with Crippen molar-refractivity contribution < 1.29 is 24.0 Å². The first kappa shape index (κ1) is 44.3. The number of carbonyl (C=O) groups is 5. The number of hydrazine groups is 1. The quantitative estimate of drug-likeness (QED) is 0.0849. The zero-order valence-corrected chi connectivity index (χ0v) is 35.4. The van der Waals surface area contributed by atoms with Crippen molar-refractivity contribution in [3.63, 3.8) is 0 Å². The topological polar surface area (TPSA) is 111 Å². The normalized spacial score (nSPS) is 15.5. The largest absolute Gasteiger partial charge is 0.348 e. The first-order chi connectivity index (χ1) is 25.5. The Morgan fingerprint density at radius 3 is 1.89 bits per heavy atom. The van der Waals surface area contributed by atoms with Crippen LogP contribution in [-0.4, -0.2) is 69.6 Å². The maximum atomic E-state index is 14.3. The van der Waals surface area contributed by atoms with E-state index in [1.54, 1.807) is 37.3 Å². The van der Waals surface area contributed by atoms with E-state index in [1.807, 2.05) is 6.07 Å². The number of anilines is 1. The van der Waals surface area contributed by atoms with Crippen LogP contribution in [0, 0.1) is 11.8 Å². The zero-order valence-electron chi connectivity index (χ0n) is 34.6. The Morgan fingerprint density at radius 2 is 1.43 bits per heavy atom. The fourth-order valence-corrected chi connectivity index (χ4v) is 7.98. The Balaban J connectivity index is 2.28. The highest BCUT2D eigenvalue weighted by molar-refractivity contribution is 7.16. The second-order valence-corrected chi connectivity index (χ2v) is 16.6. The number of rotatable bonds is 18. The van der Waals surface area contributed by atoms with Crippen LogP contribution >= 0.6 is 11.3 Å². The summed E-state index contributed by atoms with van der Waals surface area (Å²) in [7, 11) is 1.32. The summed E-state index contributed by atoms with van der Waals surface area (Å²) < 4.78 is 0. The lowest BCUT2D eigenvalue weighted by Crippen LogP contribution is -2.55. The number of thiazole rings is 1. The van der Waals surface area contributed by atoms with Gasteiger partial charge in [-0.05, 0) is 48.8 Å². The summed E-state index contributed by atoms with van der Waals surface area (Å²) in [5.74, 6) is -2.62. The van der Waals surface area contributed by atoms with Gasteiger partial charge in [-0.2, -0.15) is 5.01 Å². The molecule has 1 aliphatic rings. The summed E-state index contributed by atoms with van der Waals surface area (Å²) in [5.41, 5.74) is 0.979. The Bertz CT molecular complexity index is 1690. The van der Waals surface area contributed by atoms with E-state index in [-0.39, 0.29) is 23.3 Å². The highest BCUT2D eigenvalue weighted by atomic mass is 32.1. The number of unbranched alkanes of at least 4 members (excludes halogenated alkanes) is 2. The summed E-state index contributed by atoms with van der Waals surface area (Å²) >= 11 is 1.51. The van der Waals surface area contributed by atoms with E-state index in [9.17, 15) is 24.0 Å². The third kappa shape index (κ3) is 11.0. The molecule has 2 unspecified atom stereocenters. The Labute approximate surface area is 327 Å². The van der Waals surface area contributed by atoms with Crippen LogP contribution in [0.15, 0.2) is 47.1 Å². The molecule has 1 aromatic carbocycles. The number of imide groups is 2. The van der Waals surface area contributed by atoms with Crippen LogP contribution in [0.25, 0.3) is 6.08 Å². The highest BCUT2D eigenvalue weighted by Crippen LogP contribution is 2.39. The van der Waals surface area contributed by atoms with Crippen molar-refractivity contribution in [2.75, 3.05) is 25.0 Å². The van der Waals surface area contributed by atoms with Crippen LogP contribution in [0.3, 0.4) is 0 Å². The number of carbonyl (C=O) groups excluding carboxylic acids is 5. The van der Waals surface area contributed by atoms with Gasteiger partial charge in [-0.15, -0.1) is 0 Å². The van der Waals surface area contributed by atoms with Crippen LogP contribution in [0.4, 0.5) is 5.13 Å². The molecular weight excluding hydrogens is 699 g/mol. The number of benzene rings is 1. The summed E-state index contributed by atoms with van der Waals surface area (Å²) in [6, 6.07) is 9.01. The third-order valence-electron chi connectivity index (χ3n) is 10.3. The molecule has 0 radical (unpaired) electrons. The minimum atomic E-state index is -0.959. The number of hydrogen-bond acceptors (Lipinski definition) is 8. The molecule has 296 valence electrons. The van der Waals surface area contributed by atoms with Gasteiger partial charge in [0.15, 0.2) is 5.13 Å². The lowest BCUT2D eigenvalue weighted by Gasteiger charge is -2.35. The van der Waals surface area contributed by atoms with Crippen molar-refractivity contribution in [2.45, 2.75) is 133 Å². The van der Waals surface area contributed by atoms with Crippen molar-refractivity contribution in [1.29, 1.82) is 0 Å². The van der Waals surface area contributed by atoms with Gasteiger partial charge in [0.1, 0.15) is 5.57 Å². The predicted octanol–water partition coefficient (Wildman–Crippen LogP) is 8.72. The van der Waals surface area contributed by atoms with Crippen molar-refractivity contribution in [3.8, 4) is 0 Å². The molecule has 0 aliphatic carbocycles. The fraction of sp³-hybridized carbons (Fsp3) is 0.581. The molecular formula is C43H63N5O5S. The molecule has 5 amide bonds. The molecule has 0 bridgehead atoms. The zero-order chi connectivity index (χ0) is 40.3. The minimum Gasteiger partial charge on any atom is -0.348 e. The predicted molar refractivity (Wildman–Crippen MR) is 218 cm³/mol. The summed E-state index contributed by atoms with van der Waals surface area (Å²) in [6.07, 6.45) is 10.8. The molecule has 2 heterocycles. The van der Waals surface area contributed by atoms with Gasteiger partial charge >= 0.3 is 0 Å². The van der Waals surface area contributed by atoms with Crippen LogP contribution < -0.4 is 4.90 Å². The van der Waals surface area contributed by atoms with Gasteiger partial charge in [-0.3, -0.25) is 28.9 Å². The van der Waals surface area contributed by atoms with Gasteiger partial charge in [0.25, 0.3) is 17.7 Å². The Hall–Kier alpha value is -4.12. The van der Waals surface area contributed by atoms with Crippen LogP contribution in [-0.2, 0) is 35.9 Å². The van der Waals surface area contributed by atoms with Crippen molar-refractivity contribution in [2.24, 2.45) is 11.8 Å². The lowest BCUT2D eigenvalue weighted by molar-refractivity contribution is -0.167. The number of amides is 5. The van der Waals surface area contributed by atoms with Crippen LogP contribution in [0.1, 0.15) is 137 Å². The molecule has 11 heteroatoms. The second kappa shape index (κ2) is 20.0. The molecule has 1 aliphatic heterocycles. The van der Waals surface area contributed by atoms with Crippen molar-refractivity contribution in [1.82, 2.24) is 19.9 Å². The molecule has 0 saturated carbocycles.